The van der Waals surface area contributed by atoms with Crippen LogP contribution in [-0.4, -0.2) is 19.1 Å². The van der Waals surface area contributed by atoms with E-state index in [4.69, 9.17) is 5.73 Å². The van der Waals surface area contributed by atoms with Crippen molar-refractivity contribution in [2.45, 2.75) is 58.4 Å². The van der Waals surface area contributed by atoms with Gasteiger partial charge in [0.05, 0.1) is 0 Å². The summed E-state index contributed by atoms with van der Waals surface area (Å²) in [5.74, 6) is 0.758. The quantitative estimate of drug-likeness (QED) is 0.767. The van der Waals surface area contributed by atoms with Gasteiger partial charge in [-0.05, 0) is 55.8 Å². The molecule has 0 bridgehead atoms. The molecule has 118 valence electrons. The van der Waals surface area contributed by atoms with E-state index < -0.39 is 0 Å². The molecule has 3 heteroatoms. The molecular weight excluding hydrogens is 324 g/mol. The summed E-state index contributed by atoms with van der Waals surface area (Å²) in [5, 5.41) is 0. The monoisotopic (exact) mass is 352 g/mol. The average molecular weight is 353 g/mol. The molecule has 0 unspecified atom stereocenters. The molecule has 0 aromatic heterocycles. The zero-order valence-corrected chi connectivity index (χ0v) is 15.0. The van der Waals surface area contributed by atoms with Gasteiger partial charge in [-0.25, -0.2) is 0 Å². The largest absolute Gasteiger partial charge is 0.369 e. The Hall–Kier alpha value is -0.540. The van der Waals surface area contributed by atoms with Crippen LogP contribution >= 0.6 is 15.9 Å². The number of nitrogens with zero attached hydrogens (tertiary/aromatic N) is 1. The molecule has 1 fully saturated rings. The number of benzene rings is 1. The number of anilines is 1. The molecule has 0 aliphatic heterocycles. The van der Waals surface area contributed by atoms with Crippen LogP contribution in [0.5, 0.6) is 0 Å². The summed E-state index contributed by atoms with van der Waals surface area (Å²) in [6, 6.07) is 7.55. The highest BCUT2D eigenvalue weighted by Crippen LogP contribution is 2.31. The van der Waals surface area contributed by atoms with Crippen molar-refractivity contribution < 1.29 is 0 Å². The molecule has 0 saturated heterocycles. The Labute approximate surface area is 138 Å². The molecule has 2 rings (SSSR count). The molecule has 1 saturated carbocycles. The van der Waals surface area contributed by atoms with Gasteiger partial charge in [0.2, 0.25) is 0 Å². The van der Waals surface area contributed by atoms with Gasteiger partial charge in [-0.1, -0.05) is 48.7 Å². The summed E-state index contributed by atoms with van der Waals surface area (Å²) in [6.45, 7) is 6.50. The van der Waals surface area contributed by atoms with E-state index in [2.05, 4.69) is 52.9 Å². The number of halogens is 1. The van der Waals surface area contributed by atoms with E-state index >= 15 is 0 Å². The lowest BCUT2D eigenvalue weighted by molar-refractivity contribution is 0.528. The van der Waals surface area contributed by atoms with Crippen LogP contribution in [0, 0.1) is 5.92 Å². The van der Waals surface area contributed by atoms with Gasteiger partial charge in [0.1, 0.15) is 0 Å². The Morgan fingerprint density at radius 3 is 2.57 bits per heavy atom. The van der Waals surface area contributed by atoms with Crippen molar-refractivity contribution in [1.29, 1.82) is 0 Å². The fourth-order valence-corrected chi connectivity index (χ4v) is 3.77. The van der Waals surface area contributed by atoms with Gasteiger partial charge in [0.25, 0.3) is 0 Å². The zero-order chi connectivity index (χ0) is 15.2. The van der Waals surface area contributed by atoms with Crippen molar-refractivity contribution in [3.63, 3.8) is 0 Å². The van der Waals surface area contributed by atoms with Crippen LogP contribution in [0.25, 0.3) is 0 Å². The van der Waals surface area contributed by atoms with Gasteiger partial charge < -0.3 is 10.6 Å². The maximum absolute atomic E-state index is 5.68. The van der Waals surface area contributed by atoms with Gasteiger partial charge in [0.15, 0.2) is 0 Å². The maximum atomic E-state index is 5.68. The fraction of sp³-hybridized carbons (Fsp3) is 0.667. The van der Waals surface area contributed by atoms with Crippen molar-refractivity contribution >= 4 is 21.6 Å². The number of hydrogen-bond acceptors (Lipinski definition) is 2. The minimum atomic E-state index is 0.706. The summed E-state index contributed by atoms with van der Waals surface area (Å²) in [5.41, 5.74) is 8.36. The van der Waals surface area contributed by atoms with Gasteiger partial charge in [-0.3, -0.25) is 0 Å². The summed E-state index contributed by atoms with van der Waals surface area (Å²) in [6.07, 6.45) is 7.67. The highest BCUT2D eigenvalue weighted by atomic mass is 79.9. The predicted molar refractivity (Wildman–Crippen MR) is 96.0 cm³/mol. The number of rotatable bonds is 7. The van der Waals surface area contributed by atoms with Crippen LogP contribution in [0.1, 0.15) is 51.5 Å². The van der Waals surface area contributed by atoms with Crippen molar-refractivity contribution in [3.05, 3.63) is 28.2 Å². The molecule has 2 nitrogen and oxygen atoms in total. The third-order valence-corrected chi connectivity index (χ3v) is 5.23. The van der Waals surface area contributed by atoms with Crippen LogP contribution in [0.15, 0.2) is 22.7 Å². The van der Waals surface area contributed by atoms with Crippen LogP contribution < -0.4 is 10.6 Å². The van der Waals surface area contributed by atoms with Crippen molar-refractivity contribution in [2.24, 2.45) is 11.7 Å². The first-order valence-electron chi connectivity index (χ1n) is 8.37. The summed E-state index contributed by atoms with van der Waals surface area (Å²) in [4.78, 5) is 2.64. The minimum Gasteiger partial charge on any atom is -0.369 e. The smallest absolute Gasteiger partial charge is 0.0380 e. The Morgan fingerprint density at radius 2 is 2.00 bits per heavy atom. The third-order valence-electron chi connectivity index (χ3n) is 4.49. The highest BCUT2D eigenvalue weighted by molar-refractivity contribution is 9.10. The Kier molecular flexibility index (Phi) is 6.56. The molecule has 21 heavy (non-hydrogen) atoms. The molecule has 0 atom stereocenters. The molecule has 0 heterocycles. The lowest BCUT2D eigenvalue weighted by Crippen LogP contribution is -2.34. The molecule has 0 amide bonds. The molecule has 1 aromatic rings. The van der Waals surface area contributed by atoms with Gasteiger partial charge in [0, 0.05) is 22.7 Å². The Morgan fingerprint density at radius 1 is 1.29 bits per heavy atom. The Bertz CT molecular complexity index is 439. The van der Waals surface area contributed by atoms with E-state index in [-0.39, 0.29) is 0 Å². The molecular formula is C18H29BrN2. The highest BCUT2D eigenvalue weighted by Gasteiger charge is 2.23. The van der Waals surface area contributed by atoms with Crippen LogP contribution in [0.3, 0.4) is 0 Å². The lowest BCUT2D eigenvalue weighted by Gasteiger charge is -2.32. The zero-order valence-electron chi connectivity index (χ0n) is 13.4. The van der Waals surface area contributed by atoms with Gasteiger partial charge in [-0.15, -0.1) is 0 Å². The normalized spacial score (nSPS) is 15.9. The molecule has 1 aliphatic carbocycles. The van der Waals surface area contributed by atoms with E-state index in [1.54, 1.807) is 0 Å². The summed E-state index contributed by atoms with van der Waals surface area (Å²) in [7, 11) is 0. The first-order chi connectivity index (χ1) is 10.1. The standard InChI is InChI=1S/C18H29BrN2/c1-14(2)10-12-21(16-5-3-4-6-16)17-8-7-15(9-11-20)18(19)13-17/h7-8,13-14,16H,3-6,9-12,20H2,1-2H3. The first kappa shape index (κ1) is 16.8. The van der Waals surface area contributed by atoms with Crippen molar-refractivity contribution in [1.82, 2.24) is 0 Å². The first-order valence-corrected chi connectivity index (χ1v) is 9.16. The van der Waals surface area contributed by atoms with Gasteiger partial charge in [-0.2, -0.15) is 0 Å². The average Bonchev–Trinajstić information content (AvgIpc) is 2.96. The summed E-state index contributed by atoms with van der Waals surface area (Å²) < 4.78 is 1.21. The SMILES string of the molecule is CC(C)CCN(c1ccc(CCN)c(Br)c1)C1CCCC1. The minimum absolute atomic E-state index is 0.706. The molecule has 1 aliphatic rings. The van der Waals surface area contributed by atoms with Crippen molar-refractivity contribution in [3.8, 4) is 0 Å². The molecule has 0 spiro atoms. The Balaban J connectivity index is 2.16. The lowest BCUT2D eigenvalue weighted by atomic mass is 10.1. The predicted octanol–water partition coefficient (Wildman–Crippen LogP) is 4.75. The molecule has 1 aromatic carbocycles. The maximum Gasteiger partial charge on any atom is 0.0380 e. The van der Waals surface area contributed by atoms with Crippen LogP contribution in [0.4, 0.5) is 5.69 Å². The van der Waals surface area contributed by atoms with E-state index in [1.807, 2.05) is 0 Å². The molecule has 0 radical (unpaired) electrons. The third kappa shape index (κ3) is 4.72. The topological polar surface area (TPSA) is 29.3 Å². The second-order valence-electron chi connectivity index (χ2n) is 6.63. The summed E-state index contributed by atoms with van der Waals surface area (Å²) >= 11 is 3.72. The second kappa shape index (κ2) is 8.19. The fourth-order valence-electron chi connectivity index (χ4n) is 3.21. The van der Waals surface area contributed by atoms with Crippen LogP contribution in [-0.2, 0) is 6.42 Å². The number of nitrogens with two attached hydrogens (primary N) is 1. The van der Waals surface area contributed by atoms with E-state index in [9.17, 15) is 0 Å². The number of hydrogen-bond donors (Lipinski definition) is 1. The van der Waals surface area contributed by atoms with Crippen LogP contribution in [0.2, 0.25) is 0 Å². The van der Waals surface area contributed by atoms with E-state index in [1.165, 1.54) is 54.4 Å². The van der Waals surface area contributed by atoms with E-state index in [0.717, 1.165) is 18.4 Å². The van der Waals surface area contributed by atoms with E-state index in [0.29, 0.717) is 6.54 Å². The second-order valence-corrected chi connectivity index (χ2v) is 7.48. The molecule has 2 N–H and O–H groups in total. The van der Waals surface area contributed by atoms with Crippen molar-refractivity contribution in [2.75, 3.05) is 18.0 Å². The van der Waals surface area contributed by atoms with Gasteiger partial charge >= 0.3 is 0 Å².